The van der Waals surface area contributed by atoms with Gasteiger partial charge in [0.05, 0.1) is 18.7 Å². The lowest BCUT2D eigenvalue weighted by atomic mass is 9.83. The largest absolute Gasteiger partial charge is 0.482 e. The predicted molar refractivity (Wildman–Crippen MR) is 73.0 cm³/mol. The van der Waals surface area contributed by atoms with E-state index in [0.29, 0.717) is 24.4 Å². The van der Waals surface area contributed by atoms with E-state index in [1.807, 2.05) is 19.9 Å². The molecule has 0 radical (unpaired) electrons. The number of hydrogen-bond acceptors (Lipinski definition) is 4. The molecule has 1 aromatic carbocycles. The van der Waals surface area contributed by atoms with Crippen LogP contribution in [0.15, 0.2) is 24.3 Å². The number of ether oxygens (including phenoxy) is 1. The van der Waals surface area contributed by atoms with Crippen LogP contribution in [0.25, 0.3) is 0 Å². The summed E-state index contributed by atoms with van der Waals surface area (Å²) >= 11 is 0. The van der Waals surface area contributed by atoms with Gasteiger partial charge in [0.15, 0.2) is 6.61 Å². The average Bonchev–Trinajstić information content (AvgIpc) is 2.41. The zero-order valence-electron chi connectivity index (χ0n) is 11.7. The van der Waals surface area contributed by atoms with Crippen molar-refractivity contribution in [3.63, 3.8) is 0 Å². The number of nitrogens with zero attached hydrogens (tertiary/aromatic N) is 2. The first-order chi connectivity index (χ1) is 9.46. The number of likely N-dealkylation sites (tertiary alicyclic amines) is 1. The van der Waals surface area contributed by atoms with Crippen LogP contribution in [0, 0.1) is 17.2 Å². The summed E-state index contributed by atoms with van der Waals surface area (Å²) in [7, 11) is 0. The number of hydrogen-bond donors (Lipinski definition) is 1. The summed E-state index contributed by atoms with van der Waals surface area (Å²) in [6, 6.07) is 8.81. The van der Waals surface area contributed by atoms with Crippen LogP contribution in [-0.2, 0) is 4.79 Å². The van der Waals surface area contributed by atoms with Gasteiger partial charge in [-0.2, -0.15) is 5.26 Å². The molecule has 1 fully saturated rings. The van der Waals surface area contributed by atoms with Crippen LogP contribution in [0.1, 0.15) is 19.4 Å². The Hall–Kier alpha value is -2.06. The van der Waals surface area contributed by atoms with Crippen molar-refractivity contribution in [1.29, 1.82) is 5.26 Å². The third-order valence-corrected chi connectivity index (χ3v) is 3.72. The van der Waals surface area contributed by atoms with Crippen LogP contribution in [0.3, 0.4) is 0 Å². The van der Waals surface area contributed by atoms with Gasteiger partial charge < -0.3 is 14.7 Å². The van der Waals surface area contributed by atoms with Crippen LogP contribution >= 0.6 is 0 Å². The van der Waals surface area contributed by atoms with Crippen LogP contribution < -0.4 is 4.74 Å². The predicted octanol–water partition coefficient (Wildman–Crippen LogP) is 1.17. The summed E-state index contributed by atoms with van der Waals surface area (Å²) in [5.74, 6) is 0.345. The van der Waals surface area contributed by atoms with Gasteiger partial charge in [0.25, 0.3) is 5.91 Å². The molecule has 1 aliphatic heterocycles. The van der Waals surface area contributed by atoms with Crippen molar-refractivity contribution < 1.29 is 14.6 Å². The van der Waals surface area contributed by atoms with Gasteiger partial charge in [-0.15, -0.1) is 0 Å². The summed E-state index contributed by atoms with van der Waals surface area (Å²) in [5.41, 5.74) is -0.372. The number of amides is 1. The van der Waals surface area contributed by atoms with Crippen LogP contribution in [0.4, 0.5) is 0 Å². The van der Waals surface area contributed by atoms with Crippen molar-refractivity contribution in [3.8, 4) is 11.8 Å². The normalized spacial score (nSPS) is 16.4. The highest BCUT2D eigenvalue weighted by Gasteiger charge is 2.45. The minimum absolute atomic E-state index is 0.117. The maximum Gasteiger partial charge on any atom is 0.260 e. The Morgan fingerprint density at radius 3 is 2.75 bits per heavy atom. The SMILES string of the molecule is CC(C)C1(O)CN(C(=O)COc2ccccc2C#N)C1. The number of benzene rings is 1. The quantitative estimate of drug-likeness (QED) is 0.894. The summed E-state index contributed by atoms with van der Waals surface area (Å²) < 4.78 is 5.38. The number of aliphatic hydroxyl groups is 1. The Labute approximate surface area is 118 Å². The van der Waals surface area contributed by atoms with Crippen molar-refractivity contribution in [2.75, 3.05) is 19.7 Å². The molecule has 0 unspecified atom stereocenters. The van der Waals surface area contributed by atoms with Crippen molar-refractivity contribution in [2.24, 2.45) is 5.92 Å². The Bertz CT molecular complexity index is 542. The Kier molecular flexibility index (Phi) is 3.96. The van der Waals surface area contributed by atoms with Crippen LogP contribution in [0.5, 0.6) is 5.75 Å². The topological polar surface area (TPSA) is 73.6 Å². The Balaban J connectivity index is 1.87. The lowest BCUT2D eigenvalue weighted by Crippen LogP contribution is -2.66. The van der Waals surface area contributed by atoms with Gasteiger partial charge in [0.2, 0.25) is 0 Å². The van der Waals surface area contributed by atoms with E-state index in [-0.39, 0.29) is 18.4 Å². The number of carbonyl (C=O) groups excluding carboxylic acids is 1. The minimum atomic E-state index is -0.778. The van der Waals surface area contributed by atoms with E-state index in [0.717, 1.165) is 0 Å². The van der Waals surface area contributed by atoms with E-state index in [1.165, 1.54) is 0 Å². The Morgan fingerprint density at radius 2 is 2.15 bits per heavy atom. The minimum Gasteiger partial charge on any atom is -0.482 e. The van der Waals surface area contributed by atoms with Crippen LogP contribution in [0.2, 0.25) is 0 Å². The summed E-state index contributed by atoms with van der Waals surface area (Å²) in [5, 5.41) is 19.0. The van der Waals surface area contributed by atoms with Crippen molar-refractivity contribution in [2.45, 2.75) is 19.4 Å². The number of carbonyl (C=O) groups is 1. The lowest BCUT2D eigenvalue weighted by molar-refractivity contribution is -0.165. The smallest absolute Gasteiger partial charge is 0.260 e. The van der Waals surface area contributed by atoms with E-state index < -0.39 is 5.60 Å². The molecule has 0 aromatic heterocycles. The molecule has 0 atom stereocenters. The molecule has 5 heteroatoms. The van der Waals surface area contributed by atoms with E-state index in [9.17, 15) is 9.90 Å². The van der Waals surface area contributed by atoms with Gasteiger partial charge in [-0.25, -0.2) is 0 Å². The average molecular weight is 274 g/mol. The van der Waals surface area contributed by atoms with E-state index in [1.54, 1.807) is 29.2 Å². The summed E-state index contributed by atoms with van der Waals surface area (Å²) in [6.07, 6.45) is 0. The highest BCUT2D eigenvalue weighted by Crippen LogP contribution is 2.28. The van der Waals surface area contributed by atoms with Crippen molar-refractivity contribution >= 4 is 5.91 Å². The summed E-state index contributed by atoms with van der Waals surface area (Å²) in [6.45, 7) is 4.43. The fraction of sp³-hybridized carbons (Fsp3) is 0.467. The van der Waals surface area contributed by atoms with Crippen molar-refractivity contribution in [3.05, 3.63) is 29.8 Å². The molecule has 0 saturated carbocycles. The fourth-order valence-corrected chi connectivity index (χ4v) is 2.07. The van der Waals surface area contributed by atoms with Crippen molar-refractivity contribution in [1.82, 2.24) is 4.90 Å². The van der Waals surface area contributed by atoms with Gasteiger partial charge in [-0.3, -0.25) is 4.79 Å². The molecule has 1 aliphatic rings. The third-order valence-electron chi connectivity index (χ3n) is 3.72. The van der Waals surface area contributed by atoms with Crippen LogP contribution in [-0.4, -0.2) is 41.2 Å². The number of para-hydroxylation sites is 1. The molecule has 20 heavy (non-hydrogen) atoms. The second-order valence-electron chi connectivity index (χ2n) is 5.40. The molecule has 1 aromatic rings. The van der Waals surface area contributed by atoms with Gasteiger partial charge in [-0.1, -0.05) is 26.0 Å². The highest BCUT2D eigenvalue weighted by atomic mass is 16.5. The number of nitriles is 1. The molecule has 0 bridgehead atoms. The molecule has 1 N–H and O–H groups in total. The zero-order chi connectivity index (χ0) is 14.8. The van der Waals surface area contributed by atoms with Gasteiger partial charge in [0.1, 0.15) is 17.4 Å². The lowest BCUT2D eigenvalue weighted by Gasteiger charge is -2.48. The van der Waals surface area contributed by atoms with E-state index in [2.05, 4.69) is 0 Å². The second kappa shape index (κ2) is 5.51. The molecule has 1 amide bonds. The molecule has 0 spiro atoms. The first kappa shape index (κ1) is 14.4. The molecule has 106 valence electrons. The number of β-amino-alcohol motifs (C(OH)–C–C–N with tert-alkyl or cyclic N) is 1. The zero-order valence-corrected chi connectivity index (χ0v) is 11.7. The standard InChI is InChI=1S/C15H18N2O3/c1-11(2)15(19)9-17(10-15)14(18)8-20-13-6-4-3-5-12(13)7-16/h3-6,11,19H,8-10H2,1-2H3. The molecular weight excluding hydrogens is 256 g/mol. The highest BCUT2D eigenvalue weighted by molar-refractivity contribution is 5.79. The molecule has 1 saturated heterocycles. The van der Waals surface area contributed by atoms with Gasteiger partial charge in [-0.05, 0) is 18.1 Å². The first-order valence-electron chi connectivity index (χ1n) is 6.58. The fourth-order valence-electron chi connectivity index (χ4n) is 2.07. The monoisotopic (exact) mass is 274 g/mol. The maximum atomic E-state index is 11.9. The molecule has 5 nitrogen and oxygen atoms in total. The van der Waals surface area contributed by atoms with Gasteiger partial charge >= 0.3 is 0 Å². The number of rotatable bonds is 4. The molecule has 2 rings (SSSR count). The molecule has 0 aliphatic carbocycles. The molecular formula is C15H18N2O3. The summed E-state index contributed by atoms with van der Waals surface area (Å²) in [4.78, 5) is 13.5. The van der Waals surface area contributed by atoms with E-state index in [4.69, 9.17) is 10.00 Å². The first-order valence-corrected chi connectivity index (χ1v) is 6.58. The second-order valence-corrected chi connectivity index (χ2v) is 5.40. The maximum absolute atomic E-state index is 11.9. The molecule has 1 heterocycles. The Morgan fingerprint density at radius 1 is 1.50 bits per heavy atom. The third kappa shape index (κ3) is 2.75. The van der Waals surface area contributed by atoms with Gasteiger partial charge in [0, 0.05) is 0 Å². The van der Waals surface area contributed by atoms with E-state index >= 15 is 0 Å².